The summed E-state index contributed by atoms with van der Waals surface area (Å²) in [4.78, 5) is 0. The van der Waals surface area contributed by atoms with E-state index in [0.717, 1.165) is 31.1 Å². The minimum Gasteiger partial charge on any atom is -0.394 e. The molecule has 5 N–H and O–H groups in total. The molecule has 0 rings (SSSR count). The zero-order chi connectivity index (χ0) is 22.2. The molecule has 0 amide bonds. The van der Waals surface area contributed by atoms with Crippen molar-refractivity contribution in [3.63, 3.8) is 0 Å². The molecule has 0 aromatic heterocycles. The molecule has 0 aromatic carbocycles. The van der Waals surface area contributed by atoms with Crippen molar-refractivity contribution in [1.82, 2.24) is 0 Å². The molecule has 0 fully saturated rings. The molecule has 1 unspecified atom stereocenters. The summed E-state index contributed by atoms with van der Waals surface area (Å²) >= 11 is 0. The monoisotopic (exact) mass is 418 g/mol. The van der Waals surface area contributed by atoms with Crippen LogP contribution in [0, 0.1) is 11.8 Å². The molecule has 0 spiro atoms. The van der Waals surface area contributed by atoms with Crippen molar-refractivity contribution in [1.29, 1.82) is 0 Å². The summed E-state index contributed by atoms with van der Waals surface area (Å²) < 4.78 is 5.33. The average molecular weight is 419 g/mol. The molecule has 5 atom stereocenters. The molecule has 0 radical (unpaired) electrons. The zero-order valence-electron chi connectivity index (χ0n) is 19.0. The number of aliphatic hydroxyl groups is 5. The number of hydrogen-bond donors (Lipinski definition) is 5. The molecule has 0 heterocycles. The first-order valence-electron chi connectivity index (χ1n) is 11.3. The highest BCUT2D eigenvalue weighted by molar-refractivity contribution is 4.97. The van der Waals surface area contributed by atoms with E-state index >= 15 is 0 Å². The van der Waals surface area contributed by atoms with E-state index in [1.54, 1.807) is 0 Å². The van der Waals surface area contributed by atoms with E-state index in [-0.39, 0.29) is 6.61 Å². The van der Waals surface area contributed by atoms with Crippen LogP contribution in [-0.4, -0.2) is 69.8 Å². The fourth-order valence-corrected chi connectivity index (χ4v) is 3.25. The van der Waals surface area contributed by atoms with Crippen LogP contribution in [0.3, 0.4) is 0 Å². The molecule has 174 valence electrons. The number of rotatable bonds is 18. The van der Waals surface area contributed by atoms with Gasteiger partial charge in [-0.3, -0.25) is 0 Å². The molecule has 0 aliphatic carbocycles. The molecular formula is C23H46O6. The Hall–Kier alpha value is -0.500. The van der Waals surface area contributed by atoms with E-state index in [0.29, 0.717) is 6.61 Å². The van der Waals surface area contributed by atoms with E-state index in [2.05, 4.69) is 33.8 Å². The first-order valence-corrected chi connectivity index (χ1v) is 11.3. The highest BCUT2D eigenvalue weighted by atomic mass is 16.5. The van der Waals surface area contributed by atoms with Gasteiger partial charge in [0.05, 0.1) is 13.2 Å². The largest absolute Gasteiger partial charge is 0.394 e. The van der Waals surface area contributed by atoms with Crippen LogP contribution in [-0.2, 0) is 4.74 Å². The minimum absolute atomic E-state index is 0.131. The van der Waals surface area contributed by atoms with Crippen LogP contribution < -0.4 is 0 Å². The normalized spacial score (nSPS) is 17.9. The summed E-state index contributed by atoms with van der Waals surface area (Å²) in [6.07, 6.45) is 5.60. The molecule has 0 saturated carbocycles. The Bertz CT molecular complexity index is 412. The van der Waals surface area contributed by atoms with Crippen LogP contribution in [0.5, 0.6) is 0 Å². The van der Waals surface area contributed by atoms with Gasteiger partial charge in [-0.15, -0.1) is 0 Å². The maximum atomic E-state index is 9.76. The molecular weight excluding hydrogens is 372 g/mol. The average Bonchev–Trinajstić information content (AvgIpc) is 2.68. The molecule has 0 saturated heterocycles. The lowest BCUT2D eigenvalue weighted by molar-refractivity contribution is -0.129. The molecule has 0 bridgehead atoms. The van der Waals surface area contributed by atoms with Gasteiger partial charge in [0.15, 0.2) is 0 Å². The van der Waals surface area contributed by atoms with Gasteiger partial charge < -0.3 is 30.3 Å². The van der Waals surface area contributed by atoms with Crippen LogP contribution in [0.25, 0.3) is 0 Å². The van der Waals surface area contributed by atoms with Crippen molar-refractivity contribution in [2.75, 3.05) is 19.8 Å². The Balaban J connectivity index is 3.78. The van der Waals surface area contributed by atoms with Gasteiger partial charge in [0.25, 0.3) is 0 Å². The number of ether oxygens (including phenoxy) is 1. The second-order valence-electron chi connectivity index (χ2n) is 8.89. The summed E-state index contributed by atoms with van der Waals surface area (Å²) in [5, 5.41) is 47.0. The molecule has 29 heavy (non-hydrogen) atoms. The Labute approximate surface area is 177 Å². The van der Waals surface area contributed by atoms with E-state index in [1.807, 2.05) is 0 Å². The summed E-state index contributed by atoms with van der Waals surface area (Å²) in [6.45, 7) is 8.71. The number of aliphatic hydroxyl groups excluding tert-OH is 5. The lowest BCUT2D eigenvalue weighted by Crippen LogP contribution is -2.47. The van der Waals surface area contributed by atoms with Crippen LogP contribution in [0.1, 0.15) is 79.1 Å². The maximum Gasteiger partial charge on any atom is 0.111 e. The molecule has 0 aliphatic rings. The van der Waals surface area contributed by atoms with Crippen molar-refractivity contribution < 1.29 is 30.3 Å². The van der Waals surface area contributed by atoms with E-state index in [4.69, 9.17) is 9.84 Å². The van der Waals surface area contributed by atoms with Crippen LogP contribution in [0.4, 0.5) is 0 Å². The lowest BCUT2D eigenvalue weighted by Gasteiger charge is -2.25. The van der Waals surface area contributed by atoms with Crippen molar-refractivity contribution in [3.05, 3.63) is 11.6 Å². The van der Waals surface area contributed by atoms with Crippen molar-refractivity contribution in [3.8, 4) is 0 Å². The highest BCUT2D eigenvalue weighted by Crippen LogP contribution is 2.19. The quantitative estimate of drug-likeness (QED) is 0.173. The van der Waals surface area contributed by atoms with Gasteiger partial charge in [-0.25, -0.2) is 0 Å². The number of hydrogen-bond acceptors (Lipinski definition) is 6. The highest BCUT2D eigenvalue weighted by Gasteiger charge is 2.29. The van der Waals surface area contributed by atoms with Crippen molar-refractivity contribution >= 4 is 0 Å². The Morgan fingerprint density at radius 3 is 2.10 bits per heavy atom. The summed E-state index contributed by atoms with van der Waals surface area (Å²) in [6, 6.07) is 0. The Morgan fingerprint density at radius 2 is 1.48 bits per heavy atom. The molecule has 0 aromatic rings. The van der Waals surface area contributed by atoms with E-state index in [9.17, 15) is 20.4 Å². The van der Waals surface area contributed by atoms with Crippen molar-refractivity contribution in [2.45, 2.75) is 103 Å². The van der Waals surface area contributed by atoms with Crippen molar-refractivity contribution in [2.24, 2.45) is 11.8 Å². The van der Waals surface area contributed by atoms with Gasteiger partial charge in [0, 0.05) is 6.61 Å². The first kappa shape index (κ1) is 28.5. The molecule has 6 nitrogen and oxygen atoms in total. The Kier molecular flexibility index (Phi) is 16.9. The summed E-state index contributed by atoms with van der Waals surface area (Å²) in [5.74, 6) is 1.60. The van der Waals surface area contributed by atoms with Crippen LogP contribution in [0.15, 0.2) is 11.6 Å². The van der Waals surface area contributed by atoms with Gasteiger partial charge in [-0.2, -0.15) is 0 Å². The lowest BCUT2D eigenvalue weighted by atomic mass is 9.94. The smallest absolute Gasteiger partial charge is 0.111 e. The second-order valence-corrected chi connectivity index (χ2v) is 8.89. The first-order chi connectivity index (χ1) is 13.7. The van der Waals surface area contributed by atoms with Gasteiger partial charge in [-0.05, 0) is 44.4 Å². The third-order valence-corrected chi connectivity index (χ3v) is 5.35. The van der Waals surface area contributed by atoms with Crippen LogP contribution in [0.2, 0.25) is 0 Å². The fraction of sp³-hybridized carbons (Fsp3) is 0.913. The minimum atomic E-state index is -1.61. The summed E-state index contributed by atoms with van der Waals surface area (Å²) in [5.41, 5.74) is 1.40. The third-order valence-electron chi connectivity index (χ3n) is 5.35. The predicted octanol–water partition coefficient (Wildman–Crippen LogP) is 2.80. The van der Waals surface area contributed by atoms with Crippen LogP contribution >= 0.6 is 0 Å². The van der Waals surface area contributed by atoms with Gasteiger partial charge in [0.2, 0.25) is 0 Å². The molecule has 0 aliphatic heterocycles. The number of allylic oxidation sites excluding steroid dienone is 2. The maximum absolute atomic E-state index is 9.76. The predicted molar refractivity (Wildman–Crippen MR) is 117 cm³/mol. The summed E-state index contributed by atoms with van der Waals surface area (Å²) in [7, 11) is 0. The second kappa shape index (κ2) is 17.2. The fourth-order valence-electron chi connectivity index (χ4n) is 3.25. The zero-order valence-corrected chi connectivity index (χ0v) is 19.0. The van der Waals surface area contributed by atoms with Gasteiger partial charge in [-0.1, -0.05) is 58.1 Å². The third kappa shape index (κ3) is 15.0. The Morgan fingerprint density at radius 1 is 0.862 bits per heavy atom. The van der Waals surface area contributed by atoms with E-state index in [1.165, 1.54) is 37.7 Å². The standard InChI is InChI=1S/C23H46O6/c1-17(2)9-7-11-19(4)13-8-12-18(3)10-5-6-14-29-16-21(26)23(28)22(27)20(25)15-24/h10,17,19-28H,5-9,11-16H2,1-4H3/t19?,20-,21+,22-,23-/m0/s1. The SMILES string of the molecule is CC(=CCCCOC[C@@H](O)[C@H](O)[C@@H](O)[C@@H](O)CO)CCCC(C)CCCC(C)C. The van der Waals surface area contributed by atoms with E-state index < -0.39 is 31.0 Å². The number of unbranched alkanes of at least 4 members (excludes halogenated alkanes) is 1. The van der Waals surface area contributed by atoms with Gasteiger partial charge in [0.1, 0.15) is 24.4 Å². The molecule has 6 heteroatoms. The topological polar surface area (TPSA) is 110 Å². The van der Waals surface area contributed by atoms with Gasteiger partial charge >= 0.3 is 0 Å².